The number of halogens is 3. The Morgan fingerprint density at radius 1 is 1.33 bits per heavy atom. The minimum Gasteiger partial charge on any atom is -0.367 e. The summed E-state index contributed by atoms with van der Waals surface area (Å²) in [5, 5.41) is 0. The van der Waals surface area contributed by atoms with Gasteiger partial charge in [0.1, 0.15) is 0 Å². The first-order valence-corrected chi connectivity index (χ1v) is 9.00. The third kappa shape index (κ3) is 3.48. The van der Waals surface area contributed by atoms with Crippen molar-refractivity contribution < 1.29 is 17.2 Å². The molecule has 1 aromatic carbocycles. The van der Waals surface area contributed by atoms with E-state index in [9.17, 15) is 17.2 Å². The number of para-hydroxylation sites is 1. The molecule has 2 rings (SSSR count). The summed E-state index contributed by atoms with van der Waals surface area (Å²) in [7, 11) is -4.59. The normalized spacial score (nSPS) is 19.4. The average Bonchev–Trinajstić information content (AvgIpc) is 2.93. The molecule has 0 aromatic heterocycles. The summed E-state index contributed by atoms with van der Waals surface area (Å²) < 4.78 is 49.3. The summed E-state index contributed by atoms with van der Waals surface area (Å²) in [6.45, 7) is 0.683. The second-order valence-electron chi connectivity index (χ2n) is 5.09. The van der Waals surface area contributed by atoms with Gasteiger partial charge in [-0.15, -0.1) is 11.6 Å². The minimum atomic E-state index is -4.59. The van der Waals surface area contributed by atoms with E-state index in [1.807, 2.05) is 4.90 Å². The molecule has 7 heteroatoms. The fourth-order valence-electron chi connectivity index (χ4n) is 2.80. The molecule has 0 aliphatic carbocycles. The molecule has 0 spiro atoms. The van der Waals surface area contributed by atoms with E-state index in [0.717, 1.165) is 25.7 Å². The molecule has 0 N–H and O–H groups in total. The van der Waals surface area contributed by atoms with E-state index < -0.39 is 15.6 Å². The summed E-state index contributed by atoms with van der Waals surface area (Å²) >= 11 is 5.71. The van der Waals surface area contributed by atoms with E-state index in [1.165, 1.54) is 12.1 Å². The zero-order valence-electron chi connectivity index (χ0n) is 11.5. The number of hydrogen-bond acceptors (Lipinski definition) is 3. The molecule has 1 aliphatic heterocycles. The lowest BCUT2D eigenvalue weighted by Gasteiger charge is -2.28. The predicted molar refractivity (Wildman–Crippen MR) is 80.0 cm³/mol. The van der Waals surface area contributed by atoms with Crippen LogP contribution in [0, 0.1) is 0 Å². The lowest BCUT2D eigenvalue weighted by Crippen LogP contribution is -2.31. The molecule has 1 saturated heterocycles. The van der Waals surface area contributed by atoms with Crippen molar-refractivity contribution in [2.24, 2.45) is 0 Å². The topological polar surface area (TPSA) is 37.4 Å². The lowest BCUT2D eigenvalue weighted by molar-refractivity contribution is 0.235. The molecule has 1 unspecified atom stereocenters. The van der Waals surface area contributed by atoms with Crippen molar-refractivity contribution in [3.8, 4) is 0 Å². The number of rotatable bonds is 6. The highest BCUT2D eigenvalue weighted by molar-refractivity contribution is 7.91. The zero-order valence-corrected chi connectivity index (χ0v) is 13.1. The zero-order chi connectivity index (χ0) is 15.5. The molecular formula is C14H18ClF2NO2S. The van der Waals surface area contributed by atoms with Crippen LogP contribution in [0.1, 0.15) is 25.7 Å². The summed E-state index contributed by atoms with van der Waals surface area (Å²) in [6, 6.07) is 6.18. The van der Waals surface area contributed by atoms with Crippen molar-refractivity contribution in [1.29, 1.82) is 0 Å². The summed E-state index contributed by atoms with van der Waals surface area (Å²) in [5.41, 5.74) is 0.384. The summed E-state index contributed by atoms with van der Waals surface area (Å²) in [6.07, 6.45) is 3.52. The predicted octanol–water partition coefficient (Wildman–Crippen LogP) is 3.67. The summed E-state index contributed by atoms with van der Waals surface area (Å²) in [4.78, 5) is 1.65. The molecule has 0 radical (unpaired) electrons. The molecule has 0 amide bonds. The molecular weight excluding hydrogens is 320 g/mol. The third-order valence-corrected chi connectivity index (χ3v) is 5.46. The first kappa shape index (κ1) is 16.5. The van der Waals surface area contributed by atoms with Gasteiger partial charge in [-0.2, -0.15) is 8.78 Å². The third-order valence-electron chi connectivity index (χ3n) is 3.76. The van der Waals surface area contributed by atoms with E-state index in [1.54, 1.807) is 12.1 Å². The quantitative estimate of drug-likeness (QED) is 0.743. The van der Waals surface area contributed by atoms with Crippen LogP contribution in [-0.4, -0.2) is 32.6 Å². The average molecular weight is 338 g/mol. The number of sulfone groups is 1. The second-order valence-corrected chi connectivity index (χ2v) is 7.36. The van der Waals surface area contributed by atoms with E-state index in [4.69, 9.17) is 11.6 Å². The van der Waals surface area contributed by atoms with Crippen LogP contribution in [0.2, 0.25) is 0 Å². The van der Waals surface area contributed by atoms with Crippen molar-refractivity contribution in [2.45, 2.75) is 42.4 Å². The maximum absolute atomic E-state index is 12.8. The monoisotopic (exact) mass is 337 g/mol. The van der Waals surface area contributed by atoms with E-state index in [2.05, 4.69) is 0 Å². The maximum Gasteiger partial charge on any atom is 0.341 e. The molecule has 1 atom stereocenters. The van der Waals surface area contributed by atoms with Crippen LogP contribution in [0.3, 0.4) is 0 Å². The van der Waals surface area contributed by atoms with Crippen molar-refractivity contribution in [1.82, 2.24) is 0 Å². The van der Waals surface area contributed by atoms with Crippen LogP contribution in [0.25, 0.3) is 0 Å². The molecule has 3 nitrogen and oxygen atoms in total. The van der Waals surface area contributed by atoms with Crippen LogP contribution < -0.4 is 4.90 Å². The van der Waals surface area contributed by atoms with Crippen molar-refractivity contribution in [3.05, 3.63) is 24.3 Å². The van der Waals surface area contributed by atoms with E-state index >= 15 is 0 Å². The minimum absolute atomic E-state index is 0.165. The van der Waals surface area contributed by atoms with Crippen LogP contribution >= 0.6 is 11.6 Å². The Labute approximate surface area is 128 Å². The SMILES string of the molecule is O=S(=O)(c1ccccc1N1CCCC1CCCCl)C(F)F. The van der Waals surface area contributed by atoms with Gasteiger partial charge in [0.2, 0.25) is 9.84 Å². The van der Waals surface area contributed by atoms with Gasteiger partial charge in [0.15, 0.2) is 0 Å². The highest BCUT2D eigenvalue weighted by Crippen LogP contribution is 2.34. The molecule has 1 heterocycles. The van der Waals surface area contributed by atoms with Crippen LogP contribution in [0.15, 0.2) is 29.2 Å². The molecule has 0 saturated carbocycles. The molecule has 118 valence electrons. The number of hydrogen-bond donors (Lipinski definition) is 0. The van der Waals surface area contributed by atoms with Crippen LogP contribution in [0.5, 0.6) is 0 Å². The van der Waals surface area contributed by atoms with Crippen LogP contribution in [0.4, 0.5) is 14.5 Å². The Hall–Kier alpha value is -0.880. The highest BCUT2D eigenvalue weighted by Gasteiger charge is 2.33. The fraction of sp³-hybridized carbons (Fsp3) is 0.571. The highest BCUT2D eigenvalue weighted by atomic mass is 35.5. The Bertz CT molecular complexity index is 580. The number of benzene rings is 1. The molecule has 0 bridgehead atoms. The number of alkyl halides is 3. The second kappa shape index (κ2) is 6.92. The Balaban J connectivity index is 2.36. The van der Waals surface area contributed by atoms with E-state index in [-0.39, 0.29) is 10.9 Å². The first-order chi connectivity index (χ1) is 9.98. The van der Waals surface area contributed by atoms with Gasteiger partial charge in [-0.05, 0) is 37.8 Å². The smallest absolute Gasteiger partial charge is 0.341 e. The van der Waals surface area contributed by atoms with Crippen molar-refractivity contribution in [3.63, 3.8) is 0 Å². The summed E-state index contributed by atoms with van der Waals surface area (Å²) in [5.74, 6) is -2.86. The van der Waals surface area contributed by atoms with Crippen molar-refractivity contribution in [2.75, 3.05) is 17.3 Å². The van der Waals surface area contributed by atoms with Gasteiger partial charge in [-0.25, -0.2) is 8.42 Å². The molecule has 1 aromatic rings. The van der Waals surface area contributed by atoms with Gasteiger partial charge in [0.05, 0.1) is 10.6 Å². The standard InChI is InChI=1S/C14H18ClF2NO2S/c15-9-3-5-11-6-4-10-18(11)12-7-1-2-8-13(12)21(19,20)14(16)17/h1-2,7-8,11,14H,3-6,9-10H2. The Morgan fingerprint density at radius 3 is 2.71 bits per heavy atom. The van der Waals surface area contributed by atoms with Gasteiger partial charge in [0.25, 0.3) is 0 Å². The molecule has 21 heavy (non-hydrogen) atoms. The van der Waals surface area contributed by atoms with Crippen LogP contribution in [-0.2, 0) is 9.84 Å². The number of anilines is 1. The largest absolute Gasteiger partial charge is 0.367 e. The van der Waals surface area contributed by atoms with E-state index in [0.29, 0.717) is 18.1 Å². The van der Waals surface area contributed by atoms with Crippen molar-refractivity contribution >= 4 is 27.1 Å². The van der Waals surface area contributed by atoms with Gasteiger partial charge >= 0.3 is 5.76 Å². The van der Waals surface area contributed by atoms with Gasteiger partial charge in [0, 0.05) is 18.5 Å². The molecule has 1 fully saturated rings. The fourth-order valence-corrected chi connectivity index (χ4v) is 3.89. The first-order valence-electron chi connectivity index (χ1n) is 6.92. The van der Waals surface area contributed by atoms with Gasteiger partial charge < -0.3 is 4.90 Å². The Kier molecular flexibility index (Phi) is 5.43. The molecule has 1 aliphatic rings. The maximum atomic E-state index is 12.8. The van der Waals surface area contributed by atoms with Gasteiger partial charge in [-0.3, -0.25) is 0 Å². The number of nitrogens with zero attached hydrogens (tertiary/aromatic N) is 1. The lowest BCUT2D eigenvalue weighted by atomic mass is 10.1. The van der Waals surface area contributed by atoms with Gasteiger partial charge in [-0.1, -0.05) is 12.1 Å². The Morgan fingerprint density at radius 2 is 2.05 bits per heavy atom.